The van der Waals surface area contributed by atoms with Gasteiger partial charge in [-0.3, -0.25) is 14.9 Å². The lowest BCUT2D eigenvalue weighted by Gasteiger charge is -2.02. The lowest BCUT2D eigenvalue weighted by atomic mass is 10.2. The number of nitrogens with one attached hydrogen (secondary N) is 1. The molecule has 0 aliphatic rings. The molecule has 25 heavy (non-hydrogen) atoms. The molecule has 2 aromatic heterocycles. The first kappa shape index (κ1) is 16.1. The van der Waals surface area contributed by atoms with Crippen LogP contribution in [0.4, 0.5) is 5.13 Å². The summed E-state index contributed by atoms with van der Waals surface area (Å²) in [6.07, 6.45) is 0. The first-order valence-corrected chi connectivity index (χ1v) is 8.69. The Morgan fingerprint density at radius 2 is 1.88 bits per heavy atom. The molecule has 1 N–H and O–H groups in total. The summed E-state index contributed by atoms with van der Waals surface area (Å²) in [5, 5.41) is 4.27. The van der Waals surface area contributed by atoms with Crippen LogP contribution < -0.4 is 10.7 Å². The molecule has 2 heterocycles. The average molecular weight is 391 g/mol. The number of nitrogens with zero attached hydrogens (tertiary/aromatic N) is 1. The number of hydrogen-bond acceptors (Lipinski definition) is 5. The Hall–Kier alpha value is -2.41. The number of rotatable bonds is 2. The number of anilines is 1. The molecule has 0 bridgehead atoms. The number of halogens is 2. The molecule has 1 amide bonds. The van der Waals surface area contributed by atoms with Crippen molar-refractivity contribution in [3.63, 3.8) is 0 Å². The van der Waals surface area contributed by atoms with Crippen LogP contribution in [0.5, 0.6) is 0 Å². The highest BCUT2D eigenvalue weighted by atomic mass is 35.5. The second-order valence-electron chi connectivity index (χ2n) is 5.15. The number of thiazole rings is 1. The van der Waals surface area contributed by atoms with Crippen LogP contribution in [0.15, 0.2) is 51.7 Å². The fraction of sp³-hybridized carbons (Fsp3) is 0. The number of fused-ring (bicyclic) bond motifs is 2. The average Bonchev–Trinajstić information content (AvgIpc) is 3.03. The molecular formula is C17H8Cl2N2O3S. The van der Waals surface area contributed by atoms with Gasteiger partial charge in [-0.15, -0.1) is 0 Å². The molecule has 0 saturated carbocycles. The normalized spacial score (nSPS) is 11.1. The summed E-state index contributed by atoms with van der Waals surface area (Å²) < 4.78 is 6.18. The van der Waals surface area contributed by atoms with Gasteiger partial charge in [0, 0.05) is 6.07 Å². The van der Waals surface area contributed by atoms with Crippen LogP contribution in [0, 0.1) is 0 Å². The molecule has 0 saturated heterocycles. The van der Waals surface area contributed by atoms with Crippen molar-refractivity contribution < 1.29 is 9.21 Å². The summed E-state index contributed by atoms with van der Waals surface area (Å²) in [6, 6.07) is 11.2. The number of benzene rings is 2. The van der Waals surface area contributed by atoms with E-state index < -0.39 is 5.91 Å². The van der Waals surface area contributed by atoms with Crippen molar-refractivity contribution in [2.24, 2.45) is 0 Å². The lowest BCUT2D eigenvalue weighted by Crippen LogP contribution is -2.14. The fourth-order valence-electron chi connectivity index (χ4n) is 2.37. The lowest BCUT2D eigenvalue weighted by molar-refractivity contribution is 0.0997. The highest BCUT2D eigenvalue weighted by Crippen LogP contribution is 2.36. The first-order chi connectivity index (χ1) is 12.0. The third kappa shape index (κ3) is 2.89. The topological polar surface area (TPSA) is 72.2 Å². The van der Waals surface area contributed by atoms with E-state index in [4.69, 9.17) is 27.6 Å². The monoisotopic (exact) mass is 390 g/mol. The van der Waals surface area contributed by atoms with Crippen LogP contribution in [-0.4, -0.2) is 10.9 Å². The first-order valence-electron chi connectivity index (χ1n) is 7.12. The number of para-hydroxylation sites is 1. The van der Waals surface area contributed by atoms with Gasteiger partial charge < -0.3 is 4.42 Å². The van der Waals surface area contributed by atoms with Crippen LogP contribution in [0.2, 0.25) is 10.0 Å². The van der Waals surface area contributed by atoms with Crippen molar-refractivity contribution in [2.75, 3.05) is 5.32 Å². The Kier molecular flexibility index (Phi) is 3.95. The minimum absolute atomic E-state index is 0.0971. The van der Waals surface area contributed by atoms with E-state index in [0.717, 1.165) is 6.07 Å². The minimum atomic E-state index is -0.575. The molecule has 0 unspecified atom stereocenters. The summed E-state index contributed by atoms with van der Waals surface area (Å²) in [5.74, 6) is -0.672. The van der Waals surface area contributed by atoms with Gasteiger partial charge in [0.1, 0.15) is 11.1 Å². The molecule has 0 radical (unpaired) electrons. The van der Waals surface area contributed by atoms with Gasteiger partial charge in [0.25, 0.3) is 5.91 Å². The van der Waals surface area contributed by atoms with Crippen LogP contribution >= 0.6 is 34.5 Å². The Bertz CT molecular complexity index is 1160. The van der Waals surface area contributed by atoms with Crippen molar-refractivity contribution in [3.05, 3.63) is 68.5 Å². The summed E-state index contributed by atoms with van der Waals surface area (Å²) in [6.45, 7) is 0. The Morgan fingerprint density at radius 3 is 2.68 bits per heavy atom. The van der Waals surface area contributed by atoms with Crippen molar-refractivity contribution in [1.29, 1.82) is 0 Å². The van der Waals surface area contributed by atoms with E-state index in [1.165, 1.54) is 11.3 Å². The number of carbonyl (C=O) groups is 1. The molecule has 0 aliphatic carbocycles. The van der Waals surface area contributed by atoms with Gasteiger partial charge in [-0.2, -0.15) is 0 Å². The predicted molar refractivity (Wildman–Crippen MR) is 100 cm³/mol. The van der Waals surface area contributed by atoms with E-state index >= 15 is 0 Å². The molecule has 0 fully saturated rings. The molecule has 0 atom stereocenters. The quantitative estimate of drug-likeness (QED) is 0.524. The Morgan fingerprint density at radius 1 is 1.12 bits per heavy atom. The van der Waals surface area contributed by atoms with E-state index in [1.54, 1.807) is 36.4 Å². The standard InChI is InChI=1S/C17H8Cl2N2O3S/c18-9-5-6-10(19)15-14(9)20-17(25-15)21-16(23)13-7-11(22)8-3-1-2-4-12(8)24-13/h1-7H,(H,20,21,23). The van der Waals surface area contributed by atoms with Crippen molar-refractivity contribution in [3.8, 4) is 0 Å². The third-order valence-electron chi connectivity index (χ3n) is 3.53. The van der Waals surface area contributed by atoms with Gasteiger partial charge in [-0.1, -0.05) is 46.7 Å². The molecule has 124 valence electrons. The zero-order chi connectivity index (χ0) is 17.6. The molecular weight excluding hydrogens is 383 g/mol. The van der Waals surface area contributed by atoms with Gasteiger partial charge in [-0.05, 0) is 24.3 Å². The van der Waals surface area contributed by atoms with E-state index in [9.17, 15) is 9.59 Å². The fourth-order valence-corrected chi connectivity index (χ4v) is 3.79. The largest absolute Gasteiger partial charge is 0.451 e. The second kappa shape index (κ2) is 6.15. The molecule has 0 spiro atoms. The van der Waals surface area contributed by atoms with Gasteiger partial charge >= 0.3 is 0 Å². The number of hydrogen-bond donors (Lipinski definition) is 1. The van der Waals surface area contributed by atoms with Gasteiger partial charge in [0.05, 0.1) is 20.1 Å². The Labute approximate surface area is 154 Å². The zero-order valence-corrected chi connectivity index (χ0v) is 14.7. The maximum Gasteiger partial charge on any atom is 0.293 e. The summed E-state index contributed by atoms with van der Waals surface area (Å²) in [7, 11) is 0. The predicted octanol–water partition coefficient (Wildman–Crippen LogP) is 4.96. The molecule has 5 nitrogen and oxygen atoms in total. The smallest absolute Gasteiger partial charge is 0.293 e. The van der Waals surface area contributed by atoms with Gasteiger partial charge in [0.2, 0.25) is 0 Å². The van der Waals surface area contributed by atoms with E-state index in [0.29, 0.717) is 36.4 Å². The summed E-state index contributed by atoms with van der Waals surface area (Å²) >= 11 is 13.4. The highest BCUT2D eigenvalue weighted by Gasteiger charge is 2.16. The summed E-state index contributed by atoms with van der Waals surface area (Å²) in [4.78, 5) is 28.8. The number of carbonyl (C=O) groups excluding carboxylic acids is 1. The number of amides is 1. The number of aromatic nitrogens is 1. The van der Waals surface area contributed by atoms with Crippen LogP contribution in [0.25, 0.3) is 21.2 Å². The van der Waals surface area contributed by atoms with E-state index in [1.807, 2.05) is 0 Å². The van der Waals surface area contributed by atoms with Crippen LogP contribution in [0.1, 0.15) is 10.6 Å². The van der Waals surface area contributed by atoms with Crippen LogP contribution in [0.3, 0.4) is 0 Å². The molecule has 4 aromatic rings. The third-order valence-corrected chi connectivity index (χ3v) is 5.26. The second-order valence-corrected chi connectivity index (χ2v) is 6.96. The molecule has 4 rings (SSSR count). The zero-order valence-electron chi connectivity index (χ0n) is 12.4. The maximum atomic E-state index is 12.4. The van der Waals surface area contributed by atoms with E-state index in [2.05, 4.69) is 10.3 Å². The molecule has 0 aliphatic heterocycles. The minimum Gasteiger partial charge on any atom is -0.451 e. The Balaban J connectivity index is 1.72. The van der Waals surface area contributed by atoms with Crippen molar-refractivity contribution in [2.45, 2.75) is 0 Å². The van der Waals surface area contributed by atoms with Crippen LogP contribution in [-0.2, 0) is 0 Å². The van der Waals surface area contributed by atoms with Gasteiger partial charge in [0.15, 0.2) is 16.3 Å². The van der Waals surface area contributed by atoms with Crippen molar-refractivity contribution >= 4 is 66.8 Å². The van der Waals surface area contributed by atoms with Crippen molar-refractivity contribution in [1.82, 2.24) is 4.98 Å². The SMILES string of the molecule is O=C(Nc1nc2c(Cl)ccc(Cl)c2s1)c1cc(=O)c2ccccc2o1. The molecule has 8 heteroatoms. The van der Waals surface area contributed by atoms with Gasteiger partial charge in [-0.25, -0.2) is 4.98 Å². The summed E-state index contributed by atoms with van der Waals surface area (Å²) in [5.41, 5.74) is 0.562. The molecule has 2 aromatic carbocycles. The maximum absolute atomic E-state index is 12.4. The van der Waals surface area contributed by atoms with E-state index in [-0.39, 0.29) is 11.2 Å². The highest BCUT2D eigenvalue weighted by molar-refractivity contribution is 7.23.